The zero-order chi connectivity index (χ0) is 21.4. The zero-order valence-corrected chi connectivity index (χ0v) is 17.3. The standard InChI is InChI=1S/C22H26N4O3S/c23-22-13-10-18(15-25-22)21(27)16-24-14-4-5-17-8-11-19(12-9-17)26-30(28,29)20-6-2-1-3-7-20/h1-3,6-13,15,21,24,26-27H,4-5,14,16H2,(H2,23,25). The SMILES string of the molecule is Nc1ccc(C(O)CNCCCc2ccc(NS(=O)(=O)c3ccccc3)cc2)cn1. The fourth-order valence-corrected chi connectivity index (χ4v) is 4.02. The predicted octanol–water partition coefficient (Wildman–Crippen LogP) is 2.72. The molecule has 0 fully saturated rings. The number of rotatable bonds is 10. The maximum absolute atomic E-state index is 12.4. The molecule has 1 heterocycles. The molecule has 2 aromatic carbocycles. The number of hydrogen-bond acceptors (Lipinski definition) is 6. The number of benzene rings is 2. The molecule has 30 heavy (non-hydrogen) atoms. The van der Waals surface area contributed by atoms with E-state index in [0.717, 1.165) is 30.5 Å². The Hall–Kier alpha value is -2.94. The van der Waals surface area contributed by atoms with Crippen molar-refractivity contribution in [3.05, 3.63) is 84.1 Å². The minimum atomic E-state index is -3.58. The summed E-state index contributed by atoms with van der Waals surface area (Å²) < 4.78 is 27.3. The third-order valence-corrected chi connectivity index (χ3v) is 6.01. The minimum Gasteiger partial charge on any atom is -0.387 e. The third-order valence-electron chi connectivity index (χ3n) is 4.61. The minimum absolute atomic E-state index is 0.233. The van der Waals surface area contributed by atoms with E-state index in [4.69, 9.17) is 5.73 Å². The number of anilines is 2. The van der Waals surface area contributed by atoms with Gasteiger partial charge in [0, 0.05) is 24.0 Å². The first-order valence-corrected chi connectivity index (χ1v) is 11.2. The van der Waals surface area contributed by atoms with Gasteiger partial charge in [0.2, 0.25) is 0 Å². The Morgan fingerprint density at radius 1 is 1.00 bits per heavy atom. The summed E-state index contributed by atoms with van der Waals surface area (Å²) in [5.74, 6) is 0.429. The van der Waals surface area contributed by atoms with Gasteiger partial charge in [0.05, 0.1) is 11.0 Å². The maximum Gasteiger partial charge on any atom is 0.261 e. The predicted molar refractivity (Wildman–Crippen MR) is 118 cm³/mol. The summed E-state index contributed by atoms with van der Waals surface area (Å²) in [6, 6.07) is 19.1. The number of aromatic nitrogens is 1. The van der Waals surface area contributed by atoms with Gasteiger partial charge < -0.3 is 16.2 Å². The summed E-state index contributed by atoms with van der Waals surface area (Å²) in [4.78, 5) is 4.21. The molecule has 0 aliphatic heterocycles. The number of hydrogen-bond donors (Lipinski definition) is 4. The highest BCUT2D eigenvalue weighted by molar-refractivity contribution is 7.92. The summed E-state index contributed by atoms with van der Waals surface area (Å²) in [7, 11) is -3.58. The summed E-state index contributed by atoms with van der Waals surface area (Å²) in [6.45, 7) is 1.19. The van der Waals surface area contributed by atoms with Gasteiger partial charge in [0.1, 0.15) is 5.82 Å². The van der Waals surface area contributed by atoms with E-state index in [1.165, 1.54) is 0 Å². The van der Waals surface area contributed by atoms with Crippen LogP contribution in [0.3, 0.4) is 0 Å². The molecule has 1 unspecified atom stereocenters. The molecule has 8 heteroatoms. The number of aliphatic hydroxyl groups is 1. The Balaban J connectivity index is 1.41. The quantitative estimate of drug-likeness (QED) is 0.370. The Kier molecular flexibility index (Phi) is 7.40. The highest BCUT2D eigenvalue weighted by Crippen LogP contribution is 2.17. The van der Waals surface area contributed by atoms with E-state index in [1.807, 2.05) is 12.1 Å². The summed E-state index contributed by atoms with van der Waals surface area (Å²) in [6.07, 6.45) is 2.69. The lowest BCUT2D eigenvalue weighted by atomic mass is 10.1. The van der Waals surface area contributed by atoms with Gasteiger partial charge in [-0.05, 0) is 55.3 Å². The van der Waals surface area contributed by atoms with Crippen LogP contribution in [0.25, 0.3) is 0 Å². The lowest BCUT2D eigenvalue weighted by molar-refractivity contribution is 0.174. The largest absolute Gasteiger partial charge is 0.387 e. The first-order valence-electron chi connectivity index (χ1n) is 9.71. The van der Waals surface area contributed by atoms with Crippen molar-refractivity contribution in [1.29, 1.82) is 0 Å². The van der Waals surface area contributed by atoms with E-state index in [9.17, 15) is 13.5 Å². The van der Waals surface area contributed by atoms with Crippen LogP contribution in [0.5, 0.6) is 0 Å². The van der Waals surface area contributed by atoms with Crippen LogP contribution in [0.15, 0.2) is 77.8 Å². The molecule has 158 valence electrons. The fraction of sp³-hybridized carbons (Fsp3) is 0.227. The van der Waals surface area contributed by atoms with Crippen molar-refractivity contribution in [3.63, 3.8) is 0 Å². The zero-order valence-electron chi connectivity index (χ0n) is 16.5. The first kappa shape index (κ1) is 21.8. The molecule has 0 spiro atoms. The van der Waals surface area contributed by atoms with Crippen molar-refractivity contribution < 1.29 is 13.5 Å². The lowest BCUT2D eigenvalue weighted by Crippen LogP contribution is -2.23. The van der Waals surface area contributed by atoms with Crippen LogP contribution in [0.2, 0.25) is 0 Å². The number of sulfonamides is 1. The van der Waals surface area contributed by atoms with Gasteiger partial charge in [-0.3, -0.25) is 4.72 Å². The van der Waals surface area contributed by atoms with E-state index in [1.54, 1.807) is 60.8 Å². The molecule has 0 saturated heterocycles. The highest BCUT2D eigenvalue weighted by Gasteiger charge is 2.13. The fourth-order valence-electron chi connectivity index (χ4n) is 2.94. The van der Waals surface area contributed by atoms with Gasteiger partial charge in [-0.25, -0.2) is 13.4 Å². The Morgan fingerprint density at radius 3 is 2.40 bits per heavy atom. The average Bonchev–Trinajstić information content (AvgIpc) is 2.75. The number of aryl methyl sites for hydroxylation is 1. The Bertz CT molecular complexity index is 1020. The molecule has 0 bridgehead atoms. The average molecular weight is 427 g/mol. The number of nitrogens with zero attached hydrogens (tertiary/aromatic N) is 1. The van der Waals surface area contributed by atoms with E-state index in [2.05, 4.69) is 15.0 Å². The van der Waals surface area contributed by atoms with Crippen molar-refractivity contribution in [3.8, 4) is 0 Å². The van der Waals surface area contributed by atoms with Crippen LogP contribution in [0, 0.1) is 0 Å². The van der Waals surface area contributed by atoms with E-state index < -0.39 is 16.1 Å². The molecule has 7 nitrogen and oxygen atoms in total. The Labute approximate surface area is 177 Å². The number of aliphatic hydroxyl groups excluding tert-OH is 1. The molecular weight excluding hydrogens is 400 g/mol. The molecule has 0 amide bonds. The van der Waals surface area contributed by atoms with E-state index >= 15 is 0 Å². The van der Waals surface area contributed by atoms with Crippen LogP contribution >= 0.6 is 0 Å². The Morgan fingerprint density at radius 2 is 1.73 bits per heavy atom. The normalized spacial score (nSPS) is 12.4. The second kappa shape index (κ2) is 10.2. The number of nitrogens with two attached hydrogens (primary N) is 1. The molecular formula is C22H26N4O3S. The summed E-state index contributed by atoms with van der Waals surface area (Å²) >= 11 is 0. The molecule has 0 radical (unpaired) electrons. The monoisotopic (exact) mass is 426 g/mol. The van der Waals surface area contributed by atoms with Gasteiger partial charge in [-0.15, -0.1) is 0 Å². The number of nitrogens with one attached hydrogen (secondary N) is 2. The molecule has 3 aromatic rings. The van der Waals surface area contributed by atoms with Crippen LogP contribution in [0.1, 0.15) is 23.7 Å². The third kappa shape index (κ3) is 6.28. The molecule has 1 atom stereocenters. The second-order valence-corrected chi connectivity index (χ2v) is 8.64. The van der Waals surface area contributed by atoms with Crippen LogP contribution in [0.4, 0.5) is 11.5 Å². The highest BCUT2D eigenvalue weighted by atomic mass is 32.2. The van der Waals surface area contributed by atoms with Gasteiger partial charge in [-0.2, -0.15) is 0 Å². The molecule has 1 aromatic heterocycles. The van der Waals surface area contributed by atoms with Gasteiger partial charge in [0.25, 0.3) is 10.0 Å². The van der Waals surface area contributed by atoms with Crippen LogP contribution in [-0.4, -0.2) is 31.6 Å². The maximum atomic E-state index is 12.4. The van der Waals surface area contributed by atoms with Crippen molar-refractivity contribution in [2.45, 2.75) is 23.8 Å². The van der Waals surface area contributed by atoms with Crippen molar-refractivity contribution in [1.82, 2.24) is 10.3 Å². The molecule has 5 N–H and O–H groups in total. The first-order chi connectivity index (χ1) is 14.4. The van der Waals surface area contributed by atoms with Crippen molar-refractivity contribution in [2.24, 2.45) is 0 Å². The van der Waals surface area contributed by atoms with Gasteiger partial charge >= 0.3 is 0 Å². The number of pyridine rings is 1. The molecule has 0 aliphatic carbocycles. The van der Waals surface area contributed by atoms with Crippen LogP contribution < -0.4 is 15.8 Å². The topological polar surface area (TPSA) is 117 Å². The summed E-state index contributed by atoms with van der Waals surface area (Å²) in [5, 5.41) is 13.4. The van der Waals surface area contributed by atoms with E-state index in [-0.39, 0.29) is 4.90 Å². The molecule has 0 aliphatic rings. The van der Waals surface area contributed by atoms with E-state index in [0.29, 0.717) is 18.1 Å². The van der Waals surface area contributed by atoms with Crippen molar-refractivity contribution >= 4 is 21.5 Å². The lowest BCUT2D eigenvalue weighted by Gasteiger charge is -2.12. The smallest absolute Gasteiger partial charge is 0.261 e. The van der Waals surface area contributed by atoms with Gasteiger partial charge in [-0.1, -0.05) is 36.4 Å². The molecule has 0 saturated carbocycles. The molecule has 3 rings (SSSR count). The van der Waals surface area contributed by atoms with Gasteiger partial charge in [0.15, 0.2) is 0 Å². The van der Waals surface area contributed by atoms with Crippen molar-refractivity contribution in [2.75, 3.05) is 23.5 Å². The second-order valence-electron chi connectivity index (χ2n) is 6.96. The van der Waals surface area contributed by atoms with Crippen LogP contribution in [-0.2, 0) is 16.4 Å². The summed E-state index contributed by atoms with van der Waals surface area (Å²) in [5.41, 5.74) is 7.92. The number of nitrogen functional groups attached to an aromatic ring is 1.